The molecule has 0 spiro atoms. The number of phenols is 1. The summed E-state index contributed by atoms with van der Waals surface area (Å²) in [5.74, 6) is 0.160. The highest BCUT2D eigenvalue weighted by molar-refractivity contribution is 6.36. The van der Waals surface area contributed by atoms with E-state index in [2.05, 4.69) is 0 Å². The standard InChI is InChI=1S/C10H8ClNO/c11-8-3-1-2-6-4-7(13)5-9(12)10(6)8/h1-5,13H,12H2. The zero-order valence-corrected chi connectivity index (χ0v) is 7.55. The molecule has 0 aliphatic heterocycles. The van der Waals surface area contributed by atoms with Crippen molar-refractivity contribution in [3.63, 3.8) is 0 Å². The maximum atomic E-state index is 9.28. The van der Waals surface area contributed by atoms with Crippen molar-refractivity contribution >= 4 is 28.1 Å². The lowest BCUT2D eigenvalue weighted by molar-refractivity contribution is 0.476. The van der Waals surface area contributed by atoms with Crippen LogP contribution in [-0.2, 0) is 0 Å². The van der Waals surface area contributed by atoms with Crippen molar-refractivity contribution in [2.24, 2.45) is 0 Å². The van der Waals surface area contributed by atoms with Crippen molar-refractivity contribution in [3.8, 4) is 5.75 Å². The van der Waals surface area contributed by atoms with Crippen molar-refractivity contribution < 1.29 is 5.11 Å². The van der Waals surface area contributed by atoms with E-state index in [9.17, 15) is 5.11 Å². The fraction of sp³-hybridized carbons (Fsp3) is 0. The normalized spacial score (nSPS) is 10.5. The number of rotatable bonds is 0. The number of nitrogens with two attached hydrogens (primary N) is 1. The summed E-state index contributed by atoms with van der Waals surface area (Å²) >= 11 is 5.95. The number of hydrogen-bond donors (Lipinski definition) is 2. The molecule has 2 rings (SSSR count). The van der Waals surface area contributed by atoms with Gasteiger partial charge in [0.2, 0.25) is 0 Å². The Morgan fingerprint density at radius 1 is 1.23 bits per heavy atom. The SMILES string of the molecule is Nc1cc(O)cc2cccc(Cl)c12. The second-order valence-electron chi connectivity index (χ2n) is 2.87. The molecule has 66 valence electrons. The topological polar surface area (TPSA) is 46.2 Å². The number of nitrogen functional groups attached to an aromatic ring is 1. The van der Waals surface area contributed by atoms with Gasteiger partial charge in [-0.3, -0.25) is 0 Å². The van der Waals surface area contributed by atoms with E-state index in [-0.39, 0.29) is 5.75 Å². The van der Waals surface area contributed by atoms with Crippen molar-refractivity contribution in [2.75, 3.05) is 5.73 Å². The first-order chi connectivity index (χ1) is 6.18. The summed E-state index contributed by atoms with van der Waals surface area (Å²) in [5, 5.41) is 11.5. The molecule has 0 heterocycles. The molecule has 2 aromatic carbocycles. The molecule has 0 saturated heterocycles. The third-order valence-corrected chi connectivity index (χ3v) is 2.26. The van der Waals surface area contributed by atoms with E-state index in [4.69, 9.17) is 17.3 Å². The number of aromatic hydroxyl groups is 1. The molecule has 0 amide bonds. The molecule has 0 unspecified atom stereocenters. The third kappa shape index (κ3) is 1.29. The third-order valence-electron chi connectivity index (χ3n) is 1.94. The first kappa shape index (κ1) is 8.20. The van der Waals surface area contributed by atoms with Crippen LogP contribution in [0.4, 0.5) is 5.69 Å². The summed E-state index contributed by atoms with van der Waals surface area (Å²) in [6.45, 7) is 0. The van der Waals surface area contributed by atoms with E-state index in [0.29, 0.717) is 10.7 Å². The molecule has 0 aliphatic carbocycles. The van der Waals surface area contributed by atoms with Gasteiger partial charge in [-0.25, -0.2) is 0 Å². The lowest BCUT2D eigenvalue weighted by Crippen LogP contribution is -1.87. The number of benzene rings is 2. The highest BCUT2D eigenvalue weighted by atomic mass is 35.5. The van der Waals surface area contributed by atoms with Gasteiger partial charge in [-0.1, -0.05) is 23.7 Å². The van der Waals surface area contributed by atoms with Crippen LogP contribution in [-0.4, -0.2) is 5.11 Å². The zero-order chi connectivity index (χ0) is 9.42. The van der Waals surface area contributed by atoms with Gasteiger partial charge in [0, 0.05) is 17.1 Å². The summed E-state index contributed by atoms with van der Waals surface area (Å²) < 4.78 is 0. The predicted octanol–water partition coefficient (Wildman–Crippen LogP) is 2.78. The maximum absolute atomic E-state index is 9.28. The molecule has 2 nitrogen and oxygen atoms in total. The van der Waals surface area contributed by atoms with Gasteiger partial charge in [-0.2, -0.15) is 0 Å². The Balaban J connectivity index is 2.94. The minimum absolute atomic E-state index is 0.160. The Labute approximate surface area is 80.6 Å². The molecule has 2 aromatic rings. The van der Waals surface area contributed by atoms with E-state index in [1.54, 1.807) is 12.1 Å². The summed E-state index contributed by atoms with van der Waals surface area (Å²) in [6.07, 6.45) is 0. The van der Waals surface area contributed by atoms with Gasteiger partial charge >= 0.3 is 0 Å². The average Bonchev–Trinajstić information content (AvgIpc) is 2.02. The van der Waals surface area contributed by atoms with Gasteiger partial charge in [0.25, 0.3) is 0 Å². The van der Waals surface area contributed by atoms with E-state index in [1.807, 2.05) is 12.1 Å². The van der Waals surface area contributed by atoms with E-state index >= 15 is 0 Å². The van der Waals surface area contributed by atoms with Gasteiger partial charge in [-0.05, 0) is 17.5 Å². The van der Waals surface area contributed by atoms with Crippen molar-refractivity contribution in [1.82, 2.24) is 0 Å². The van der Waals surface area contributed by atoms with Crippen LogP contribution in [0, 0.1) is 0 Å². The summed E-state index contributed by atoms with van der Waals surface area (Å²) in [7, 11) is 0. The van der Waals surface area contributed by atoms with Gasteiger partial charge < -0.3 is 10.8 Å². The monoisotopic (exact) mass is 193 g/mol. The van der Waals surface area contributed by atoms with Crippen molar-refractivity contribution in [3.05, 3.63) is 35.4 Å². The van der Waals surface area contributed by atoms with Crippen LogP contribution in [0.5, 0.6) is 5.75 Å². The smallest absolute Gasteiger partial charge is 0.118 e. The van der Waals surface area contributed by atoms with Crippen molar-refractivity contribution in [2.45, 2.75) is 0 Å². The van der Waals surface area contributed by atoms with Gasteiger partial charge in [0.1, 0.15) is 5.75 Å². The van der Waals surface area contributed by atoms with Crippen LogP contribution < -0.4 is 5.73 Å². The minimum atomic E-state index is 0.160. The Hall–Kier alpha value is -1.41. The van der Waals surface area contributed by atoms with Crippen LogP contribution in [0.3, 0.4) is 0 Å². The highest BCUT2D eigenvalue weighted by Crippen LogP contribution is 2.31. The van der Waals surface area contributed by atoms with E-state index < -0.39 is 0 Å². The Morgan fingerprint density at radius 2 is 2.00 bits per heavy atom. The molecule has 3 heteroatoms. The minimum Gasteiger partial charge on any atom is -0.508 e. The summed E-state index contributed by atoms with van der Waals surface area (Å²) in [4.78, 5) is 0. The summed E-state index contributed by atoms with van der Waals surface area (Å²) in [5.41, 5.74) is 6.21. The van der Waals surface area contributed by atoms with Gasteiger partial charge in [0.15, 0.2) is 0 Å². The van der Waals surface area contributed by atoms with Crippen LogP contribution in [0.25, 0.3) is 10.8 Å². The van der Waals surface area contributed by atoms with Gasteiger partial charge in [-0.15, -0.1) is 0 Å². The lowest BCUT2D eigenvalue weighted by atomic mass is 10.1. The second kappa shape index (κ2) is 2.82. The number of phenolic OH excluding ortho intramolecular Hbond substituents is 1. The fourth-order valence-corrected chi connectivity index (χ4v) is 1.69. The van der Waals surface area contributed by atoms with Gasteiger partial charge in [0.05, 0.1) is 5.02 Å². The van der Waals surface area contributed by atoms with Crippen LogP contribution >= 0.6 is 11.6 Å². The molecule has 0 saturated carbocycles. The molecule has 0 aliphatic rings. The van der Waals surface area contributed by atoms with Crippen molar-refractivity contribution in [1.29, 1.82) is 0 Å². The Bertz CT molecular complexity index is 468. The largest absolute Gasteiger partial charge is 0.508 e. The van der Waals surface area contributed by atoms with E-state index in [1.165, 1.54) is 6.07 Å². The molecule has 0 atom stereocenters. The molecule has 0 bridgehead atoms. The second-order valence-corrected chi connectivity index (χ2v) is 3.28. The Morgan fingerprint density at radius 3 is 2.77 bits per heavy atom. The van der Waals surface area contributed by atoms with Crippen LogP contribution in [0.2, 0.25) is 5.02 Å². The zero-order valence-electron chi connectivity index (χ0n) is 6.79. The number of hydrogen-bond acceptors (Lipinski definition) is 2. The first-order valence-corrected chi connectivity index (χ1v) is 4.23. The molecule has 0 aromatic heterocycles. The predicted molar refractivity (Wildman–Crippen MR) is 55.0 cm³/mol. The molecular formula is C10H8ClNO. The molecule has 3 N–H and O–H groups in total. The van der Waals surface area contributed by atoms with E-state index in [0.717, 1.165) is 10.8 Å². The number of fused-ring (bicyclic) bond motifs is 1. The number of halogens is 1. The molecule has 0 radical (unpaired) electrons. The van der Waals surface area contributed by atoms with Crippen LogP contribution in [0.1, 0.15) is 0 Å². The average molecular weight is 194 g/mol. The fourth-order valence-electron chi connectivity index (χ4n) is 1.40. The maximum Gasteiger partial charge on any atom is 0.118 e. The first-order valence-electron chi connectivity index (χ1n) is 3.85. The van der Waals surface area contributed by atoms with Crippen LogP contribution in [0.15, 0.2) is 30.3 Å². The molecular weight excluding hydrogens is 186 g/mol. The molecule has 0 fully saturated rings. The molecule has 13 heavy (non-hydrogen) atoms. The lowest BCUT2D eigenvalue weighted by Gasteiger charge is -2.04. The highest BCUT2D eigenvalue weighted by Gasteiger charge is 2.03. The summed E-state index contributed by atoms with van der Waals surface area (Å²) in [6, 6.07) is 8.59. The Kier molecular flexibility index (Phi) is 1.78. The quantitative estimate of drug-likeness (QED) is 0.632. The number of anilines is 1.